The molecule has 1 aliphatic carbocycles. The molecule has 0 unspecified atom stereocenters. The van der Waals surface area contributed by atoms with Crippen LogP contribution in [0.5, 0.6) is 0 Å². The summed E-state index contributed by atoms with van der Waals surface area (Å²) in [6, 6.07) is -1.13. The van der Waals surface area contributed by atoms with Crippen molar-refractivity contribution in [2.75, 3.05) is 67.2 Å². The molecule has 0 spiro atoms. The van der Waals surface area contributed by atoms with Gasteiger partial charge in [-0.15, -0.1) is 0 Å². The van der Waals surface area contributed by atoms with E-state index >= 15 is 0 Å². The van der Waals surface area contributed by atoms with E-state index in [2.05, 4.69) is 10.2 Å². The molecule has 5 rings (SSSR count). The molecular weight excluding hydrogens is 935 g/mol. The van der Waals surface area contributed by atoms with Crippen LogP contribution >= 0.6 is 0 Å². The number of cyclic esters (lactones) is 1. The summed E-state index contributed by atoms with van der Waals surface area (Å²) in [7, 11) is 4.69. The fourth-order valence-electron chi connectivity index (χ4n) is 11.6. The van der Waals surface area contributed by atoms with Crippen LogP contribution in [0.4, 0.5) is 0 Å². The van der Waals surface area contributed by atoms with Gasteiger partial charge in [0.1, 0.15) is 30.1 Å². The number of fused-ring (bicyclic) bond motifs is 3. The molecule has 0 aromatic heterocycles. The van der Waals surface area contributed by atoms with Crippen LogP contribution in [0.25, 0.3) is 0 Å². The van der Waals surface area contributed by atoms with Gasteiger partial charge in [0.05, 0.1) is 31.0 Å². The minimum atomic E-state index is -2.43. The molecule has 5 aliphatic rings. The molecular formula is C57H91N3O13. The lowest BCUT2D eigenvalue weighted by Gasteiger charge is -2.42. The summed E-state index contributed by atoms with van der Waals surface area (Å²) >= 11 is 0. The molecule has 3 N–H and O–H groups in total. The predicted octanol–water partition coefficient (Wildman–Crippen LogP) is 6.11. The highest BCUT2D eigenvalue weighted by Gasteiger charge is 2.53. The van der Waals surface area contributed by atoms with Gasteiger partial charge in [0.15, 0.2) is 5.78 Å². The zero-order chi connectivity index (χ0) is 53.4. The Balaban J connectivity index is 1.42. The summed E-state index contributed by atoms with van der Waals surface area (Å²) in [6.07, 6.45) is 12.7. The molecule has 4 aliphatic heterocycles. The molecule has 1 amide bonds. The Bertz CT molecular complexity index is 1950. The highest BCUT2D eigenvalue weighted by molar-refractivity contribution is 6.39. The summed E-state index contributed by atoms with van der Waals surface area (Å²) in [5.74, 6) is -7.76. The van der Waals surface area contributed by atoms with Crippen molar-refractivity contribution in [3.63, 3.8) is 0 Å². The number of piperidine rings is 1. The second kappa shape index (κ2) is 29.2. The smallest absolute Gasteiger partial charge is 0.329 e. The van der Waals surface area contributed by atoms with Gasteiger partial charge in [-0.3, -0.25) is 24.1 Å². The number of Topliss-reactive ketones (excluding diaryl/α,β-unsaturated/α-hetero) is 3. The van der Waals surface area contributed by atoms with Crippen LogP contribution in [0, 0.1) is 35.5 Å². The van der Waals surface area contributed by atoms with Gasteiger partial charge in [0.25, 0.3) is 11.7 Å². The van der Waals surface area contributed by atoms with Crippen molar-refractivity contribution in [2.24, 2.45) is 35.5 Å². The lowest BCUT2D eigenvalue weighted by molar-refractivity contribution is -0.265. The lowest BCUT2D eigenvalue weighted by atomic mass is 9.78. The number of ketones is 3. The maximum absolute atomic E-state index is 14.6. The largest absolute Gasteiger partial charge is 0.460 e. The first-order valence-corrected chi connectivity index (χ1v) is 27.3. The number of piperazine rings is 1. The molecule has 3 saturated heterocycles. The lowest BCUT2D eigenvalue weighted by Crippen LogP contribution is -2.61. The maximum Gasteiger partial charge on any atom is 0.329 e. The summed E-state index contributed by atoms with van der Waals surface area (Å²) in [5, 5.41) is 27.0. The van der Waals surface area contributed by atoms with Crippen LogP contribution < -0.4 is 5.32 Å². The zero-order valence-corrected chi connectivity index (χ0v) is 45.8. The van der Waals surface area contributed by atoms with Gasteiger partial charge in [0, 0.05) is 91.2 Å². The number of rotatable bonds is 10. The van der Waals surface area contributed by atoms with E-state index in [1.165, 1.54) is 12.0 Å². The van der Waals surface area contributed by atoms with Gasteiger partial charge in [-0.2, -0.15) is 0 Å². The number of aliphatic hydroxyl groups is 2. The Labute approximate surface area is 436 Å². The molecule has 1 saturated carbocycles. The predicted molar refractivity (Wildman–Crippen MR) is 278 cm³/mol. The van der Waals surface area contributed by atoms with Crippen molar-refractivity contribution < 1.29 is 62.6 Å². The number of esters is 1. The van der Waals surface area contributed by atoms with Crippen LogP contribution in [-0.2, 0) is 52.4 Å². The topological polar surface area (TPSA) is 200 Å². The molecule has 0 aromatic carbocycles. The van der Waals surface area contributed by atoms with Crippen molar-refractivity contribution in [1.82, 2.24) is 15.1 Å². The van der Waals surface area contributed by atoms with Crippen LogP contribution in [0.2, 0.25) is 0 Å². The Kier molecular flexibility index (Phi) is 24.1. The van der Waals surface area contributed by atoms with E-state index in [-0.39, 0.29) is 60.9 Å². The minimum absolute atomic E-state index is 0.0210. The summed E-state index contributed by atoms with van der Waals surface area (Å²) in [6.45, 7) is 18.3. The summed E-state index contributed by atoms with van der Waals surface area (Å²) < 4.78 is 36.5. The average molecular weight is 1030 g/mol. The van der Waals surface area contributed by atoms with Crippen molar-refractivity contribution in [3.05, 3.63) is 47.6 Å². The Morgan fingerprint density at radius 2 is 1.58 bits per heavy atom. The molecule has 4 fully saturated rings. The van der Waals surface area contributed by atoms with E-state index in [0.29, 0.717) is 57.1 Å². The number of nitrogens with zero attached hydrogens (tertiary/aromatic N) is 2. The number of ether oxygens (including phenoxy) is 6. The first-order chi connectivity index (χ1) is 34.8. The highest BCUT2D eigenvalue weighted by Crippen LogP contribution is 2.38. The zero-order valence-electron chi connectivity index (χ0n) is 45.8. The number of allylic oxidation sites excluding steroid dienone is 6. The third-order valence-electron chi connectivity index (χ3n) is 16.4. The molecule has 73 heavy (non-hydrogen) atoms. The second-order valence-electron chi connectivity index (χ2n) is 22.0. The Hall–Kier alpha value is -3.45. The summed E-state index contributed by atoms with van der Waals surface area (Å²) in [5.41, 5.74) is 1.29. The van der Waals surface area contributed by atoms with E-state index in [1.54, 1.807) is 41.1 Å². The number of hydrogen-bond donors (Lipinski definition) is 3. The van der Waals surface area contributed by atoms with Gasteiger partial charge in [0.2, 0.25) is 5.79 Å². The third-order valence-corrected chi connectivity index (χ3v) is 16.4. The van der Waals surface area contributed by atoms with Gasteiger partial charge in [-0.1, -0.05) is 71.1 Å². The molecule has 2 bridgehead atoms. The van der Waals surface area contributed by atoms with Gasteiger partial charge < -0.3 is 48.9 Å². The summed E-state index contributed by atoms with van der Waals surface area (Å²) in [4.78, 5) is 75.0. The van der Waals surface area contributed by atoms with Crippen LogP contribution in [-0.4, -0.2) is 171 Å². The number of hydrogen-bond acceptors (Lipinski definition) is 15. The second-order valence-corrected chi connectivity index (χ2v) is 22.0. The number of nitrogens with one attached hydrogen (secondary N) is 1. The molecule has 15 atom stereocenters. The molecule has 412 valence electrons. The normalized spacial score (nSPS) is 38.8. The Morgan fingerprint density at radius 3 is 2.27 bits per heavy atom. The van der Waals surface area contributed by atoms with Gasteiger partial charge in [-0.25, -0.2) is 4.79 Å². The number of aliphatic hydroxyl groups excluding tert-OH is 1. The Morgan fingerprint density at radius 1 is 0.836 bits per heavy atom. The minimum Gasteiger partial charge on any atom is -0.460 e. The van der Waals surface area contributed by atoms with E-state index in [0.717, 1.165) is 57.6 Å². The van der Waals surface area contributed by atoms with Crippen molar-refractivity contribution in [1.29, 1.82) is 0 Å². The van der Waals surface area contributed by atoms with E-state index in [4.69, 9.17) is 28.4 Å². The van der Waals surface area contributed by atoms with E-state index in [9.17, 15) is 34.2 Å². The van der Waals surface area contributed by atoms with Crippen molar-refractivity contribution in [3.8, 4) is 0 Å². The molecule has 16 heteroatoms. The monoisotopic (exact) mass is 1030 g/mol. The van der Waals surface area contributed by atoms with E-state index < -0.39 is 77.8 Å². The van der Waals surface area contributed by atoms with E-state index in [1.807, 2.05) is 58.1 Å². The quantitative estimate of drug-likeness (QED) is 0.129. The number of amides is 1. The first-order valence-electron chi connectivity index (χ1n) is 27.3. The molecule has 4 heterocycles. The van der Waals surface area contributed by atoms with Crippen LogP contribution in [0.3, 0.4) is 0 Å². The van der Waals surface area contributed by atoms with Crippen LogP contribution in [0.15, 0.2) is 47.6 Å². The number of carbonyl (C=O) groups excluding carboxylic acids is 5. The van der Waals surface area contributed by atoms with Gasteiger partial charge in [-0.05, 0) is 107 Å². The van der Waals surface area contributed by atoms with Crippen molar-refractivity contribution in [2.45, 2.75) is 180 Å². The highest BCUT2D eigenvalue weighted by atomic mass is 16.6. The van der Waals surface area contributed by atoms with Crippen LogP contribution in [0.1, 0.15) is 126 Å². The van der Waals surface area contributed by atoms with Gasteiger partial charge >= 0.3 is 5.97 Å². The fraction of sp³-hybridized carbons (Fsp3) is 0.772. The van der Waals surface area contributed by atoms with Crippen molar-refractivity contribution >= 4 is 29.2 Å². The average Bonchev–Trinajstić information content (AvgIpc) is 3.38. The molecule has 0 aromatic rings. The SMILES string of the molecule is CO[C@H]1C[C@@H]2CC[C@@H](C)[C@@](O)(O2)C(=O)C(=O)N2CCCC[C@H]2C(=O)O[C@H]([C@H](C)C[C@@H]2CC[C@@H](OCCN3CCNCC3)[C@H](OC)C2)CC(=O)[C@H](C)/C=C(\C)[C@@H](O)[C@@H](OC)C(=O)[C@@H](C)C[C@H](C)/C=C/C=C/C=C/1C. The number of methoxy groups -OCH3 is 3. The fourth-order valence-corrected chi connectivity index (χ4v) is 11.6. The first kappa shape index (κ1) is 60.4. The standard InChI is InChI=1S/C57H91N3O13/c1-36-16-12-11-13-17-37(2)48(68-8)34-44-21-19-42(7)57(67,73-44)54(64)55(65)60-25-15-14-18-45(60)56(66)72-49(35-46(61)38(3)31-41(6)52(63)53(70-10)51(62)40(5)30-36)39(4)32-43-20-22-47(50(33-43)69-9)71-29-28-59-26-23-58-24-27-59/h11-13,16-17,31,36,38-40,42-45,47-50,52-53,58,63,67H,14-15,18-30,32-35H2,1-10H3/b13-11+,16-12+,37-17+,41-31+/t36-,38-,39-,40+,42-,43+,44+,45+,47-,48+,49+,50-,52-,53+,57-/m1/s1. The molecule has 16 nitrogen and oxygen atoms in total. The number of carbonyl (C=O) groups is 5. The third kappa shape index (κ3) is 16.8. The maximum atomic E-state index is 14.6. The molecule has 0 radical (unpaired) electrons.